The van der Waals surface area contributed by atoms with Crippen molar-refractivity contribution >= 4 is 11.8 Å². The molecule has 0 aromatic carbocycles. The lowest BCUT2D eigenvalue weighted by molar-refractivity contribution is 0.0678. The minimum Gasteiger partial charge on any atom is -0.349 e. The van der Waals surface area contributed by atoms with Gasteiger partial charge in [-0.2, -0.15) is 0 Å². The molecule has 0 atom stereocenters. The number of fused-ring (bicyclic) bond motifs is 1. The lowest BCUT2D eigenvalue weighted by Gasteiger charge is -2.30. The lowest BCUT2D eigenvalue weighted by atomic mass is 9.99. The van der Waals surface area contributed by atoms with Crippen molar-refractivity contribution in [1.29, 1.82) is 0 Å². The first-order chi connectivity index (χ1) is 12.5. The maximum atomic E-state index is 13.0. The minimum absolute atomic E-state index is 0.0209. The Morgan fingerprint density at radius 2 is 1.92 bits per heavy atom. The van der Waals surface area contributed by atoms with Crippen LogP contribution in [0.4, 0.5) is 0 Å². The highest BCUT2D eigenvalue weighted by atomic mass is 16.2. The maximum absolute atomic E-state index is 13.0. The van der Waals surface area contributed by atoms with Crippen molar-refractivity contribution < 1.29 is 9.59 Å². The van der Waals surface area contributed by atoms with Crippen LogP contribution in [-0.4, -0.2) is 71.4 Å². The zero-order chi connectivity index (χ0) is 18.7. The number of piperidine rings is 1. The molecular weight excluding hydrogens is 330 g/mol. The number of nitrogens with one attached hydrogen (secondary N) is 1. The number of imidazole rings is 1. The zero-order valence-electron chi connectivity index (χ0n) is 16.3. The predicted octanol–water partition coefficient (Wildman–Crippen LogP) is 1.38. The minimum atomic E-state index is -0.163. The van der Waals surface area contributed by atoms with Crippen molar-refractivity contribution in [2.45, 2.75) is 45.6 Å². The van der Waals surface area contributed by atoms with Gasteiger partial charge < -0.3 is 19.7 Å². The van der Waals surface area contributed by atoms with E-state index in [-0.39, 0.29) is 11.8 Å². The molecule has 2 amide bonds. The Morgan fingerprint density at radius 1 is 1.19 bits per heavy atom. The molecule has 1 aromatic heterocycles. The van der Waals surface area contributed by atoms with Crippen LogP contribution in [0.25, 0.3) is 0 Å². The van der Waals surface area contributed by atoms with E-state index in [1.807, 2.05) is 28.5 Å². The Morgan fingerprint density at radius 3 is 2.62 bits per heavy atom. The number of likely N-dealkylation sites (tertiary alicyclic amines) is 1. The molecule has 7 heteroatoms. The smallest absolute Gasteiger partial charge is 0.289 e. The fraction of sp³-hybridized carbons (Fsp3) is 0.737. The van der Waals surface area contributed by atoms with Crippen molar-refractivity contribution in [3.8, 4) is 0 Å². The Labute approximate surface area is 155 Å². The van der Waals surface area contributed by atoms with Crippen LogP contribution < -0.4 is 5.32 Å². The van der Waals surface area contributed by atoms with Gasteiger partial charge in [-0.1, -0.05) is 6.92 Å². The van der Waals surface area contributed by atoms with Gasteiger partial charge in [0.1, 0.15) is 5.69 Å². The van der Waals surface area contributed by atoms with E-state index in [2.05, 4.69) is 17.2 Å². The van der Waals surface area contributed by atoms with Crippen molar-refractivity contribution in [2.24, 2.45) is 5.92 Å². The third kappa shape index (κ3) is 4.09. The summed E-state index contributed by atoms with van der Waals surface area (Å²) in [6, 6.07) is 0. The summed E-state index contributed by atoms with van der Waals surface area (Å²) in [7, 11) is 3.95. The average Bonchev–Trinajstić information content (AvgIpc) is 3.01. The van der Waals surface area contributed by atoms with E-state index in [1.165, 1.54) is 0 Å². The highest BCUT2D eigenvalue weighted by Gasteiger charge is 2.30. The maximum Gasteiger partial charge on any atom is 0.289 e. The zero-order valence-corrected chi connectivity index (χ0v) is 16.3. The van der Waals surface area contributed by atoms with E-state index in [0.29, 0.717) is 24.0 Å². The van der Waals surface area contributed by atoms with Crippen LogP contribution in [0.1, 0.15) is 59.4 Å². The van der Waals surface area contributed by atoms with Crippen molar-refractivity contribution in [3.63, 3.8) is 0 Å². The summed E-state index contributed by atoms with van der Waals surface area (Å²) < 4.78 is 1.99. The molecule has 1 fully saturated rings. The van der Waals surface area contributed by atoms with E-state index in [4.69, 9.17) is 0 Å². The molecule has 1 N–H and O–H groups in total. The Kier molecular flexibility index (Phi) is 5.96. The van der Waals surface area contributed by atoms with E-state index >= 15 is 0 Å². The molecule has 1 saturated heterocycles. The summed E-state index contributed by atoms with van der Waals surface area (Å²) in [4.78, 5) is 34.1. The standard InChI is InChI=1S/C19H31N5O2/c1-14-7-11-23(12-8-14)19(26)17-21-16(15-6-4-5-10-24(15)17)18(25)20-9-13-22(2)3/h14H,4-13H2,1-3H3,(H,20,25). The molecule has 0 radical (unpaired) electrons. The molecule has 2 aliphatic heterocycles. The van der Waals surface area contributed by atoms with Gasteiger partial charge in [-0.15, -0.1) is 0 Å². The van der Waals surface area contributed by atoms with Gasteiger partial charge in [0.15, 0.2) is 5.82 Å². The van der Waals surface area contributed by atoms with Gasteiger partial charge >= 0.3 is 0 Å². The van der Waals surface area contributed by atoms with Crippen molar-refractivity contribution in [1.82, 2.24) is 24.7 Å². The first-order valence-corrected chi connectivity index (χ1v) is 9.79. The Bertz CT molecular complexity index is 659. The van der Waals surface area contributed by atoms with Gasteiger partial charge in [0.25, 0.3) is 11.8 Å². The fourth-order valence-corrected chi connectivity index (χ4v) is 3.72. The fourth-order valence-electron chi connectivity index (χ4n) is 3.72. The number of carbonyl (C=O) groups is 2. The molecule has 1 aromatic rings. The second kappa shape index (κ2) is 8.20. The van der Waals surface area contributed by atoms with Crippen LogP contribution >= 0.6 is 0 Å². The van der Waals surface area contributed by atoms with Gasteiger partial charge in [0.05, 0.1) is 5.69 Å². The summed E-state index contributed by atoms with van der Waals surface area (Å²) >= 11 is 0. The molecule has 0 spiro atoms. The second-order valence-corrected chi connectivity index (χ2v) is 7.87. The van der Waals surface area contributed by atoms with Gasteiger partial charge in [-0.05, 0) is 52.1 Å². The summed E-state index contributed by atoms with van der Waals surface area (Å²) in [6.45, 7) is 5.93. The van der Waals surface area contributed by atoms with E-state index < -0.39 is 0 Å². The first-order valence-electron chi connectivity index (χ1n) is 9.79. The predicted molar refractivity (Wildman–Crippen MR) is 100 cm³/mol. The second-order valence-electron chi connectivity index (χ2n) is 7.87. The van der Waals surface area contributed by atoms with Crippen molar-refractivity contribution in [2.75, 3.05) is 40.3 Å². The number of likely N-dealkylation sites (N-methyl/N-ethyl adjacent to an activating group) is 1. The monoisotopic (exact) mass is 361 g/mol. The van der Waals surface area contributed by atoms with Gasteiger partial charge in [-0.25, -0.2) is 4.98 Å². The van der Waals surface area contributed by atoms with Crippen LogP contribution in [0, 0.1) is 5.92 Å². The van der Waals surface area contributed by atoms with E-state index in [9.17, 15) is 9.59 Å². The Hall–Kier alpha value is -1.89. The lowest BCUT2D eigenvalue weighted by Crippen LogP contribution is -2.39. The molecule has 144 valence electrons. The molecule has 0 saturated carbocycles. The molecule has 3 rings (SSSR count). The van der Waals surface area contributed by atoms with Crippen LogP contribution in [0.2, 0.25) is 0 Å². The SMILES string of the molecule is CC1CCN(C(=O)c2nc(C(=O)NCCN(C)C)c3n2CCCC3)CC1. The van der Waals surface area contributed by atoms with Gasteiger partial charge in [-0.3, -0.25) is 9.59 Å². The Balaban J connectivity index is 1.79. The summed E-state index contributed by atoms with van der Waals surface area (Å²) in [5, 5.41) is 2.94. The average molecular weight is 361 g/mol. The van der Waals surface area contributed by atoms with E-state index in [0.717, 1.165) is 64.0 Å². The number of hydrogen-bond donors (Lipinski definition) is 1. The highest BCUT2D eigenvalue weighted by molar-refractivity contribution is 5.97. The third-order valence-electron chi connectivity index (χ3n) is 5.44. The molecule has 2 aliphatic rings. The number of amides is 2. The quantitative estimate of drug-likeness (QED) is 0.860. The molecule has 0 bridgehead atoms. The van der Waals surface area contributed by atoms with E-state index in [1.54, 1.807) is 0 Å². The topological polar surface area (TPSA) is 70.5 Å². The first kappa shape index (κ1) is 18.9. The molecule has 26 heavy (non-hydrogen) atoms. The van der Waals surface area contributed by atoms with Crippen LogP contribution in [0.15, 0.2) is 0 Å². The van der Waals surface area contributed by atoms with Crippen LogP contribution in [0.3, 0.4) is 0 Å². The van der Waals surface area contributed by atoms with Gasteiger partial charge in [0, 0.05) is 32.7 Å². The molecule has 3 heterocycles. The number of aromatic nitrogens is 2. The largest absolute Gasteiger partial charge is 0.349 e. The molecule has 0 aliphatic carbocycles. The molecule has 0 unspecified atom stereocenters. The van der Waals surface area contributed by atoms with Crippen LogP contribution in [-0.2, 0) is 13.0 Å². The summed E-state index contributed by atoms with van der Waals surface area (Å²) in [6.07, 6.45) is 4.96. The molecule has 7 nitrogen and oxygen atoms in total. The summed E-state index contributed by atoms with van der Waals surface area (Å²) in [5.41, 5.74) is 1.37. The highest BCUT2D eigenvalue weighted by Crippen LogP contribution is 2.24. The van der Waals surface area contributed by atoms with Crippen LogP contribution in [0.5, 0.6) is 0 Å². The third-order valence-corrected chi connectivity index (χ3v) is 5.44. The number of carbonyl (C=O) groups excluding carboxylic acids is 2. The van der Waals surface area contributed by atoms with Gasteiger partial charge in [0.2, 0.25) is 0 Å². The van der Waals surface area contributed by atoms with Crippen molar-refractivity contribution in [3.05, 3.63) is 17.2 Å². The molecular formula is C19H31N5O2. The summed E-state index contributed by atoms with van der Waals surface area (Å²) in [5.74, 6) is 0.939. The normalized spacial score (nSPS) is 18.1. The number of rotatable bonds is 5. The number of hydrogen-bond acceptors (Lipinski definition) is 4. The number of nitrogens with zero attached hydrogens (tertiary/aromatic N) is 4.